The molecule has 64 valence electrons. The number of benzene rings is 1. The fraction of sp³-hybridized carbons (Fsp3) is 0.400. The van der Waals surface area contributed by atoms with Gasteiger partial charge >= 0.3 is 0 Å². The van der Waals surface area contributed by atoms with Crippen LogP contribution >= 0.6 is 11.6 Å². The van der Waals surface area contributed by atoms with Gasteiger partial charge in [0.1, 0.15) is 0 Å². The zero-order valence-corrected chi connectivity index (χ0v) is 7.86. The predicted molar refractivity (Wildman–Crippen MR) is 51.5 cm³/mol. The van der Waals surface area contributed by atoms with Crippen molar-refractivity contribution in [1.82, 2.24) is 5.32 Å². The molecule has 1 atom stereocenters. The highest BCUT2D eigenvalue weighted by Gasteiger charge is 2.20. The average Bonchev–Trinajstić information content (AvgIpc) is 1.95. The molecule has 1 aromatic rings. The molecule has 1 saturated heterocycles. The third kappa shape index (κ3) is 1.23. The second kappa shape index (κ2) is 3.08. The molecule has 0 aromatic heterocycles. The average molecular weight is 182 g/mol. The smallest absolute Gasteiger partial charge is 0.0482 e. The van der Waals surface area contributed by atoms with Gasteiger partial charge in [-0.05, 0) is 31.0 Å². The van der Waals surface area contributed by atoms with E-state index in [9.17, 15) is 0 Å². The molecule has 1 heterocycles. The van der Waals surface area contributed by atoms with Gasteiger partial charge in [0.25, 0.3) is 0 Å². The van der Waals surface area contributed by atoms with E-state index in [0.717, 1.165) is 11.6 Å². The second-order valence-corrected chi connectivity index (χ2v) is 3.65. The Kier molecular flexibility index (Phi) is 2.07. The minimum atomic E-state index is 0.498. The van der Waals surface area contributed by atoms with Gasteiger partial charge in [0.05, 0.1) is 0 Å². The Hall–Kier alpha value is -0.530. The molecule has 0 spiro atoms. The molecular formula is C10H12ClN. The highest BCUT2D eigenvalue weighted by atomic mass is 35.5. The highest BCUT2D eigenvalue weighted by molar-refractivity contribution is 6.32. The molecule has 1 N–H and O–H groups in total. The number of halogens is 1. The van der Waals surface area contributed by atoms with Crippen molar-refractivity contribution in [2.24, 2.45) is 0 Å². The summed E-state index contributed by atoms with van der Waals surface area (Å²) in [5.41, 5.74) is 2.42. The minimum absolute atomic E-state index is 0.498. The van der Waals surface area contributed by atoms with Gasteiger partial charge < -0.3 is 5.32 Å². The van der Waals surface area contributed by atoms with E-state index in [1.807, 2.05) is 13.0 Å². The van der Waals surface area contributed by atoms with Crippen LogP contribution in [0.5, 0.6) is 0 Å². The fourth-order valence-electron chi connectivity index (χ4n) is 1.49. The molecule has 0 bridgehead atoms. The van der Waals surface area contributed by atoms with Crippen molar-refractivity contribution in [3.8, 4) is 0 Å². The van der Waals surface area contributed by atoms with Crippen LogP contribution in [0.3, 0.4) is 0 Å². The number of hydrogen-bond acceptors (Lipinski definition) is 1. The van der Waals surface area contributed by atoms with Crippen molar-refractivity contribution >= 4 is 11.6 Å². The van der Waals surface area contributed by atoms with Crippen LogP contribution in [0, 0.1) is 6.92 Å². The first-order chi connectivity index (χ1) is 5.79. The van der Waals surface area contributed by atoms with Crippen LogP contribution in [0.1, 0.15) is 23.6 Å². The molecule has 0 aliphatic carbocycles. The van der Waals surface area contributed by atoms with Gasteiger partial charge in [-0.25, -0.2) is 0 Å². The van der Waals surface area contributed by atoms with E-state index in [-0.39, 0.29) is 0 Å². The van der Waals surface area contributed by atoms with Crippen LogP contribution in [0.15, 0.2) is 18.2 Å². The van der Waals surface area contributed by atoms with Gasteiger partial charge in [-0.1, -0.05) is 29.8 Å². The van der Waals surface area contributed by atoms with E-state index < -0.39 is 0 Å². The SMILES string of the molecule is Cc1cccc(C2CCN2)c1Cl. The second-order valence-electron chi connectivity index (χ2n) is 3.27. The van der Waals surface area contributed by atoms with E-state index in [4.69, 9.17) is 11.6 Å². The molecule has 1 fully saturated rings. The third-order valence-electron chi connectivity index (χ3n) is 2.42. The number of rotatable bonds is 1. The molecular weight excluding hydrogens is 170 g/mol. The van der Waals surface area contributed by atoms with Crippen LogP contribution in [0.4, 0.5) is 0 Å². The zero-order valence-electron chi connectivity index (χ0n) is 7.10. The predicted octanol–water partition coefficient (Wildman–Crippen LogP) is 2.68. The molecule has 1 aliphatic rings. The standard InChI is InChI=1S/C10H12ClN/c1-7-3-2-4-8(10(7)11)9-5-6-12-9/h2-4,9,12H,5-6H2,1H3. The summed E-state index contributed by atoms with van der Waals surface area (Å²) in [6.45, 7) is 3.17. The van der Waals surface area contributed by atoms with E-state index in [2.05, 4.69) is 17.4 Å². The van der Waals surface area contributed by atoms with Crippen molar-refractivity contribution < 1.29 is 0 Å². The monoisotopic (exact) mass is 181 g/mol. The van der Waals surface area contributed by atoms with Gasteiger partial charge in [0, 0.05) is 11.1 Å². The molecule has 12 heavy (non-hydrogen) atoms. The molecule has 1 aliphatic heterocycles. The van der Waals surface area contributed by atoms with Crippen molar-refractivity contribution in [1.29, 1.82) is 0 Å². The van der Waals surface area contributed by atoms with E-state index in [1.54, 1.807) is 0 Å². The van der Waals surface area contributed by atoms with Crippen LogP contribution in [0.2, 0.25) is 5.02 Å². The first-order valence-corrected chi connectivity index (χ1v) is 4.65. The minimum Gasteiger partial charge on any atom is -0.310 e. The molecule has 1 nitrogen and oxygen atoms in total. The van der Waals surface area contributed by atoms with Crippen molar-refractivity contribution in [3.05, 3.63) is 34.3 Å². The van der Waals surface area contributed by atoms with Crippen LogP contribution in [0.25, 0.3) is 0 Å². The van der Waals surface area contributed by atoms with Crippen LogP contribution in [-0.4, -0.2) is 6.54 Å². The molecule has 1 unspecified atom stereocenters. The molecule has 0 saturated carbocycles. The van der Waals surface area contributed by atoms with Gasteiger partial charge in [0.15, 0.2) is 0 Å². The number of hydrogen-bond donors (Lipinski definition) is 1. The van der Waals surface area contributed by atoms with E-state index >= 15 is 0 Å². The van der Waals surface area contributed by atoms with Crippen LogP contribution < -0.4 is 5.32 Å². The molecule has 2 rings (SSSR count). The maximum atomic E-state index is 6.16. The first-order valence-electron chi connectivity index (χ1n) is 4.27. The van der Waals surface area contributed by atoms with E-state index in [1.165, 1.54) is 17.5 Å². The maximum absolute atomic E-state index is 6.16. The van der Waals surface area contributed by atoms with Gasteiger partial charge in [-0.2, -0.15) is 0 Å². The Morgan fingerprint density at radius 3 is 2.83 bits per heavy atom. The lowest BCUT2D eigenvalue weighted by Crippen LogP contribution is -2.35. The third-order valence-corrected chi connectivity index (χ3v) is 2.94. The Morgan fingerprint density at radius 1 is 1.50 bits per heavy atom. The Bertz CT molecular complexity index is 292. The summed E-state index contributed by atoms with van der Waals surface area (Å²) in [6, 6.07) is 6.71. The number of aryl methyl sites for hydroxylation is 1. The van der Waals surface area contributed by atoms with Crippen molar-refractivity contribution in [2.45, 2.75) is 19.4 Å². The normalized spacial score (nSPS) is 22.0. The van der Waals surface area contributed by atoms with Crippen LogP contribution in [-0.2, 0) is 0 Å². The quantitative estimate of drug-likeness (QED) is 0.703. The highest BCUT2D eigenvalue weighted by Crippen LogP contribution is 2.30. The van der Waals surface area contributed by atoms with Gasteiger partial charge in [0.2, 0.25) is 0 Å². The summed E-state index contributed by atoms with van der Waals surface area (Å²) < 4.78 is 0. The Balaban J connectivity index is 2.36. The first kappa shape index (κ1) is 8.09. The summed E-state index contributed by atoms with van der Waals surface area (Å²) in [5.74, 6) is 0. The molecule has 0 radical (unpaired) electrons. The lowest BCUT2D eigenvalue weighted by atomic mass is 9.96. The Labute approximate surface area is 77.7 Å². The summed E-state index contributed by atoms with van der Waals surface area (Å²) in [5, 5.41) is 4.27. The molecule has 1 aromatic carbocycles. The summed E-state index contributed by atoms with van der Waals surface area (Å²) >= 11 is 6.16. The molecule has 0 amide bonds. The van der Waals surface area contributed by atoms with Crippen molar-refractivity contribution in [2.75, 3.05) is 6.54 Å². The fourth-order valence-corrected chi connectivity index (χ4v) is 1.75. The summed E-state index contributed by atoms with van der Waals surface area (Å²) in [7, 11) is 0. The van der Waals surface area contributed by atoms with Gasteiger partial charge in [-0.15, -0.1) is 0 Å². The summed E-state index contributed by atoms with van der Waals surface area (Å²) in [4.78, 5) is 0. The van der Waals surface area contributed by atoms with E-state index in [0.29, 0.717) is 6.04 Å². The molecule has 2 heteroatoms. The van der Waals surface area contributed by atoms with Gasteiger partial charge in [-0.3, -0.25) is 0 Å². The Morgan fingerprint density at radius 2 is 2.25 bits per heavy atom. The number of nitrogens with one attached hydrogen (secondary N) is 1. The zero-order chi connectivity index (χ0) is 8.55. The largest absolute Gasteiger partial charge is 0.310 e. The summed E-state index contributed by atoms with van der Waals surface area (Å²) in [6.07, 6.45) is 1.21. The maximum Gasteiger partial charge on any atom is 0.0482 e. The lowest BCUT2D eigenvalue weighted by Gasteiger charge is -2.29. The lowest BCUT2D eigenvalue weighted by molar-refractivity contribution is 0.383. The topological polar surface area (TPSA) is 12.0 Å². The van der Waals surface area contributed by atoms with Crippen molar-refractivity contribution in [3.63, 3.8) is 0 Å².